The molecule has 2 aliphatic rings. The molecule has 3 rings (SSSR count). The number of nitrogens with two attached hydrogens (primary N) is 1. The van der Waals surface area contributed by atoms with Crippen LogP contribution in [0, 0.1) is 0 Å². The molecule has 2 heterocycles. The van der Waals surface area contributed by atoms with E-state index in [1.54, 1.807) is 12.1 Å². The Morgan fingerprint density at radius 3 is 2.84 bits per heavy atom. The molecule has 0 spiro atoms. The van der Waals surface area contributed by atoms with Crippen molar-refractivity contribution in [3.8, 4) is 0 Å². The average molecular weight is 259 g/mol. The van der Waals surface area contributed by atoms with E-state index in [0.717, 1.165) is 6.42 Å². The number of nitrogen functional groups attached to an aromatic ring is 1. The minimum atomic E-state index is -0.0305. The molecular formula is C14H17N3O2. The molecule has 0 bridgehead atoms. The van der Waals surface area contributed by atoms with E-state index in [0.29, 0.717) is 37.3 Å². The van der Waals surface area contributed by atoms with Gasteiger partial charge in [0, 0.05) is 37.8 Å². The van der Waals surface area contributed by atoms with Crippen LogP contribution in [-0.2, 0) is 4.79 Å². The van der Waals surface area contributed by atoms with Crippen LogP contribution in [0.1, 0.15) is 23.2 Å². The van der Waals surface area contributed by atoms with E-state index < -0.39 is 0 Å². The molecule has 1 aromatic rings. The number of benzene rings is 1. The average Bonchev–Trinajstić information content (AvgIpc) is 2.80. The minimum absolute atomic E-state index is 0.0305. The lowest BCUT2D eigenvalue weighted by molar-refractivity contribution is -0.130. The van der Waals surface area contributed by atoms with Gasteiger partial charge >= 0.3 is 0 Å². The topological polar surface area (TPSA) is 66.6 Å². The standard InChI is InChI=1S/C14H17N3O2/c15-12-4-2-1-3-11(12)14(19)16-7-8-17-10(9-16)5-6-13(17)18/h1-4,10H,5-9,15H2. The zero-order chi connectivity index (χ0) is 13.4. The fourth-order valence-corrected chi connectivity index (χ4v) is 2.91. The first-order chi connectivity index (χ1) is 9.16. The van der Waals surface area contributed by atoms with Gasteiger partial charge in [-0.2, -0.15) is 0 Å². The molecule has 1 aromatic carbocycles. The van der Waals surface area contributed by atoms with Crippen molar-refractivity contribution in [2.24, 2.45) is 0 Å². The summed E-state index contributed by atoms with van der Waals surface area (Å²) in [6.45, 7) is 1.86. The maximum atomic E-state index is 12.4. The molecule has 0 saturated carbocycles. The van der Waals surface area contributed by atoms with Crippen LogP contribution in [-0.4, -0.2) is 47.3 Å². The Morgan fingerprint density at radius 1 is 1.26 bits per heavy atom. The van der Waals surface area contributed by atoms with E-state index in [1.807, 2.05) is 21.9 Å². The minimum Gasteiger partial charge on any atom is -0.398 e. The molecule has 2 aliphatic heterocycles. The Morgan fingerprint density at radius 2 is 2.05 bits per heavy atom. The highest BCUT2D eigenvalue weighted by atomic mass is 16.2. The van der Waals surface area contributed by atoms with Gasteiger partial charge in [-0.25, -0.2) is 0 Å². The first-order valence-electron chi connectivity index (χ1n) is 6.60. The van der Waals surface area contributed by atoms with Crippen molar-refractivity contribution < 1.29 is 9.59 Å². The number of fused-ring (bicyclic) bond motifs is 1. The lowest BCUT2D eigenvalue weighted by atomic mass is 10.1. The highest BCUT2D eigenvalue weighted by Gasteiger charge is 2.37. The van der Waals surface area contributed by atoms with Gasteiger partial charge in [-0.15, -0.1) is 0 Å². The quantitative estimate of drug-likeness (QED) is 0.755. The lowest BCUT2D eigenvalue weighted by Gasteiger charge is -2.37. The van der Waals surface area contributed by atoms with E-state index in [9.17, 15) is 9.59 Å². The van der Waals surface area contributed by atoms with Gasteiger partial charge in [-0.1, -0.05) is 12.1 Å². The van der Waals surface area contributed by atoms with Gasteiger partial charge in [0.1, 0.15) is 0 Å². The summed E-state index contributed by atoms with van der Waals surface area (Å²) in [6.07, 6.45) is 1.47. The molecule has 0 aliphatic carbocycles. The molecule has 1 unspecified atom stereocenters. The second-order valence-corrected chi connectivity index (χ2v) is 5.12. The van der Waals surface area contributed by atoms with Crippen LogP contribution in [0.3, 0.4) is 0 Å². The van der Waals surface area contributed by atoms with Gasteiger partial charge in [-0.05, 0) is 18.6 Å². The molecule has 19 heavy (non-hydrogen) atoms. The predicted octanol–water partition coefficient (Wildman–Crippen LogP) is 0.716. The lowest BCUT2D eigenvalue weighted by Crippen LogP contribution is -2.53. The van der Waals surface area contributed by atoms with E-state index >= 15 is 0 Å². The van der Waals surface area contributed by atoms with Crippen molar-refractivity contribution in [3.63, 3.8) is 0 Å². The third kappa shape index (κ3) is 2.05. The van der Waals surface area contributed by atoms with Gasteiger partial charge in [0.05, 0.1) is 5.56 Å². The van der Waals surface area contributed by atoms with E-state index in [2.05, 4.69) is 0 Å². The Hall–Kier alpha value is -2.04. The first-order valence-corrected chi connectivity index (χ1v) is 6.60. The van der Waals surface area contributed by atoms with Gasteiger partial charge in [0.2, 0.25) is 5.91 Å². The Labute approximate surface area is 112 Å². The van der Waals surface area contributed by atoms with Crippen LogP contribution >= 0.6 is 0 Å². The number of anilines is 1. The number of amides is 2. The van der Waals surface area contributed by atoms with E-state index in [4.69, 9.17) is 5.73 Å². The summed E-state index contributed by atoms with van der Waals surface area (Å²) < 4.78 is 0. The fourth-order valence-electron chi connectivity index (χ4n) is 2.91. The van der Waals surface area contributed by atoms with Crippen molar-refractivity contribution in [3.05, 3.63) is 29.8 Å². The summed E-state index contributed by atoms with van der Waals surface area (Å²) in [5.41, 5.74) is 6.91. The SMILES string of the molecule is Nc1ccccc1C(=O)N1CCN2C(=O)CCC2C1. The molecule has 5 nitrogen and oxygen atoms in total. The number of hydrogen-bond acceptors (Lipinski definition) is 3. The van der Waals surface area contributed by atoms with Gasteiger partial charge in [0.25, 0.3) is 5.91 Å². The first kappa shape index (κ1) is 12.0. The smallest absolute Gasteiger partial charge is 0.256 e. The van der Waals surface area contributed by atoms with Crippen LogP contribution in [0.25, 0.3) is 0 Å². The van der Waals surface area contributed by atoms with Gasteiger partial charge in [0.15, 0.2) is 0 Å². The fraction of sp³-hybridized carbons (Fsp3) is 0.429. The van der Waals surface area contributed by atoms with Crippen molar-refractivity contribution in [1.29, 1.82) is 0 Å². The Balaban J connectivity index is 1.76. The Bertz CT molecular complexity index is 529. The van der Waals surface area contributed by atoms with Crippen molar-refractivity contribution in [2.45, 2.75) is 18.9 Å². The molecular weight excluding hydrogens is 242 g/mol. The molecule has 0 aromatic heterocycles. The third-order valence-corrected chi connectivity index (χ3v) is 3.97. The largest absolute Gasteiger partial charge is 0.398 e. The number of carbonyl (C=O) groups is 2. The third-order valence-electron chi connectivity index (χ3n) is 3.97. The van der Waals surface area contributed by atoms with Crippen LogP contribution < -0.4 is 5.73 Å². The highest BCUT2D eigenvalue weighted by Crippen LogP contribution is 2.24. The number of rotatable bonds is 1. The molecule has 2 fully saturated rings. The maximum Gasteiger partial charge on any atom is 0.256 e. The molecule has 0 radical (unpaired) electrons. The summed E-state index contributed by atoms with van der Waals surface area (Å²) >= 11 is 0. The Kier molecular flexibility index (Phi) is 2.89. The van der Waals surface area contributed by atoms with Crippen molar-refractivity contribution >= 4 is 17.5 Å². The van der Waals surface area contributed by atoms with Crippen LogP contribution in [0.4, 0.5) is 5.69 Å². The summed E-state index contributed by atoms with van der Waals surface area (Å²) in [7, 11) is 0. The predicted molar refractivity (Wildman–Crippen MR) is 71.5 cm³/mol. The monoisotopic (exact) mass is 259 g/mol. The second kappa shape index (κ2) is 4.57. The number of para-hydroxylation sites is 1. The summed E-state index contributed by atoms with van der Waals surface area (Å²) in [6, 6.07) is 7.32. The van der Waals surface area contributed by atoms with Crippen molar-refractivity contribution in [2.75, 3.05) is 25.4 Å². The maximum absolute atomic E-state index is 12.4. The number of nitrogens with zero attached hydrogens (tertiary/aromatic N) is 2. The molecule has 2 saturated heterocycles. The van der Waals surface area contributed by atoms with E-state index in [-0.39, 0.29) is 17.9 Å². The zero-order valence-corrected chi connectivity index (χ0v) is 10.7. The molecule has 100 valence electrons. The molecule has 2 N–H and O–H groups in total. The van der Waals surface area contributed by atoms with Crippen LogP contribution in [0.5, 0.6) is 0 Å². The zero-order valence-electron chi connectivity index (χ0n) is 10.7. The number of hydrogen-bond donors (Lipinski definition) is 1. The van der Waals surface area contributed by atoms with Crippen LogP contribution in [0.15, 0.2) is 24.3 Å². The number of carbonyl (C=O) groups excluding carboxylic acids is 2. The molecule has 1 atom stereocenters. The van der Waals surface area contributed by atoms with Crippen LogP contribution in [0.2, 0.25) is 0 Å². The summed E-state index contributed by atoms with van der Waals surface area (Å²) in [4.78, 5) is 27.8. The second-order valence-electron chi connectivity index (χ2n) is 5.12. The van der Waals surface area contributed by atoms with Crippen molar-refractivity contribution in [1.82, 2.24) is 9.80 Å². The van der Waals surface area contributed by atoms with Gasteiger partial charge < -0.3 is 15.5 Å². The highest BCUT2D eigenvalue weighted by molar-refractivity contribution is 5.99. The normalized spacial score (nSPS) is 22.5. The molecule has 5 heteroatoms. The van der Waals surface area contributed by atoms with E-state index in [1.165, 1.54) is 0 Å². The summed E-state index contributed by atoms with van der Waals surface area (Å²) in [5.74, 6) is 0.188. The van der Waals surface area contributed by atoms with Gasteiger partial charge in [-0.3, -0.25) is 9.59 Å². The molecule has 2 amide bonds. The number of piperazine rings is 1. The summed E-state index contributed by atoms with van der Waals surface area (Å²) in [5, 5.41) is 0.